The predicted molar refractivity (Wildman–Crippen MR) is 152 cm³/mol. The van der Waals surface area contributed by atoms with Crippen molar-refractivity contribution < 1.29 is 14.7 Å². The molecule has 0 aromatic heterocycles. The number of carboxylic acids is 1. The largest absolute Gasteiger partial charge is 0.478 e. The molecule has 1 N–H and O–H groups in total. The van der Waals surface area contributed by atoms with E-state index in [0.29, 0.717) is 11.6 Å². The number of nitrogens with zero attached hydrogens (tertiary/aromatic N) is 2. The number of carbonyl (C=O) groups is 2. The standard InChI is InChI=1S/C31H33ClN2O3/c1-33(2)27-16-14-23(15-17-27)25-12-13-26(29(32)20-25)21-34(31(37)24-8-4-3-5-9-24)28-10-6-7-22(19-28)11-18-30(35)36/h6-7,10-20,24H,3-5,8-9,21H2,1-2H3,(H,35,36). The molecular weight excluding hydrogens is 484 g/mol. The summed E-state index contributed by atoms with van der Waals surface area (Å²) in [7, 11) is 4.03. The van der Waals surface area contributed by atoms with Crippen LogP contribution in [0.15, 0.2) is 72.8 Å². The predicted octanol–water partition coefficient (Wildman–Crippen LogP) is 7.28. The molecule has 192 valence electrons. The zero-order valence-electron chi connectivity index (χ0n) is 21.4. The van der Waals surface area contributed by atoms with Gasteiger partial charge in [-0.2, -0.15) is 0 Å². The fourth-order valence-electron chi connectivity index (χ4n) is 4.81. The lowest BCUT2D eigenvalue weighted by molar-refractivity contribution is -0.131. The monoisotopic (exact) mass is 516 g/mol. The van der Waals surface area contributed by atoms with Gasteiger partial charge in [-0.15, -0.1) is 0 Å². The van der Waals surface area contributed by atoms with Gasteiger partial charge < -0.3 is 14.9 Å². The van der Waals surface area contributed by atoms with E-state index >= 15 is 0 Å². The highest BCUT2D eigenvalue weighted by atomic mass is 35.5. The van der Waals surface area contributed by atoms with Crippen molar-refractivity contribution in [3.8, 4) is 11.1 Å². The summed E-state index contributed by atoms with van der Waals surface area (Å²) in [5.41, 5.74) is 5.55. The minimum atomic E-state index is -1.01. The molecule has 0 saturated heterocycles. The van der Waals surface area contributed by atoms with Crippen molar-refractivity contribution in [1.82, 2.24) is 0 Å². The van der Waals surface area contributed by atoms with E-state index in [-0.39, 0.29) is 11.8 Å². The molecule has 1 aliphatic carbocycles. The summed E-state index contributed by atoms with van der Waals surface area (Å²) in [5, 5.41) is 9.62. The number of amides is 1. The molecule has 1 amide bonds. The maximum Gasteiger partial charge on any atom is 0.328 e. The summed E-state index contributed by atoms with van der Waals surface area (Å²) >= 11 is 6.78. The minimum absolute atomic E-state index is 0.0137. The molecule has 1 fully saturated rings. The van der Waals surface area contributed by atoms with Gasteiger partial charge in [0.2, 0.25) is 5.91 Å². The number of carboxylic acid groups (broad SMARTS) is 1. The molecule has 0 heterocycles. The molecule has 0 bridgehead atoms. The number of aliphatic carboxylic acids is 1. The molecule has 0 aliphatic heterocycles. The average molecular weight is 517 g/mol. The van der Waals surface area contributed by atoms with Gasteiger partial charge in [0.05, 0.1) is 6.54 Å². The first-order chi connectivity index (χ1) is 17.8. The van der Waals surface area contributed by atoms with Gasteiger partial charge in [-0.05, 0) is 71.5 Å². The van der Waals surface area contributed by atoms with Crippen molar-refractivity contribution >= 4 is 40.9 Å². The van der Waals surface area contributed by atoms with E-state index in [1.165, 1.54) is 6.42 Å². The van der Waals surface area contributed by atoms with E-state index in [1.54, 1.807) is 11.0 Å². The van der Waals surface area contributed by atoms with Crippen LogP contribution in [0.25, 0.3) is 17.2 Å². The minimum Gasteiger partial charge on any atom is -0.478 e. The van der Waals surface area contributed by atoms with Crippen LogP contribution in [0, 0.1) is 5.92 Å². The molecule has 0 unspecified atom stereocenters. The Morgan fingerprint density at radius 2 is 1.62 bits per heavy atom. The zero-order valence-corrected chi connectivity index (χ0v) is 22.1. The molecule has 0 radical (unpaired) electrons. The maximum absolute atomic E-state index is 13.7. The highest BCUT2D eigenvalue weighted by Gasteiger charge is 2.27. The SMILES string of the molecule is CN(C)c1ccc(-c2ccc(CN(C(=O)C3CCCCC3)c3cccc(C=CC(=O)O)c3)c(Cl)c2)cc1. The van der Waals surface area contributed by atoms with Gasteiger partial charge in [0, 0.05) is 42.5 Å². The van der Waals surface area contributed by atoms with E-state index in [0.717, 1.165) is 65.4 Å². The molecule has 3 aromatic carbocycles. The second-order valence-electron chi connectivity index (χ2n) is 9.77. The van der Waals surface area contributed by atoms with Gasteiger partial charge in [-0.1, -0.05) is 67.3 Å². The normalized spacial score (nSPS) is 14.0. The zero-order chi connectivity index (χ0) is 26.4. The lowest BCUT2D eigenvalue weighted by atomic mass is 9.88. The topological polar surface area (TPSA) is 60.9 Å². The quantitative estimate of drug-likeness (QED) is 0.319. The van der Waals surface area contributed by atoms with Crippen LogP contribution in [0.5, 0.6) is 0 Å². The summed E-state index contributed by atoms with van der Waals surface area (Å²) in [5.74, 6) is -0.928. The van der Waals surface area contributed by atoms with Gasteiger partial charge >= 0.3 is 5.97 Å². The average Bonchev–Trinajstić information content (AvgIpc) is 2.91. The molecule has 3 aromatic rings. The molecule has 1 aliphatic rings. The smallest absolute Gasteiger partial charge is 0.328 e. The number of halogens is 1. The Balaban J connectivity index is 1.63. The summed E-state index contributed by atoms with van der Waals surface area (Å²) in [4.78, 5) is 28.6. The Labute approximate surface area is 224 Å². The van der Waals surface area contributed by atoms with Crippen molar-refractivity contribution in [3.05, 3.63) is 89.0 Å². The summed E-state index contributed by atoms with van der Waals surface area (Å²) < 4.78 is 0. The van der Waals surface area contributed by atoms with E-state index in [9.17, 15) is 9.59 Å². The van der Waals surface area contributed by atoms with Crippen LogP contribution in [0.4, 0.5) is 11.4 Å². The lowest BCUT2D eigenvalue weighted by Crippen LogP contribution is -2.36. The van der Waals surface area contributed by atoms with Crippen LogP contribution < -0.4 is 9.80 Å². The Hall–Kier alpha value is -3.57. The first-order valence-electron chi connectivity index (χ1n) is 12.7. The molecule has 0 atom stereocenters. The van der Waals surface area contributed by atoms with Gasteiger partial charge in [0.25, 0.3) is 0 Å². The Bertz CT molecular complexity index is 1280. The molecule has 37 heavy (non-hydrogen) atoms. The van der Waals surface area contributed by atoms with E-state index < -0.39 is 5.97 Å². The van der Waals surface area contributed by atoms with Crippen LogP contribution in [0.3, 0.4) is 0 Å². The molecule has 1 saturated carbocycles. The molecule has 4 rings (SSSR count). The third kappa shape index (κ3) is 6.80. The third-order valence-electron chi connectivity index (χ3n) is 6.92. The van der Waals surface area contributed by atoms with E-state index in [1.807, 2.05) is 56.6 Å². The van der Waals surface area contributed by atoms with Crippen LogP contribution in [0.2, 0.25) is 5.02 Å². The number of benzene rings is 3. The van der Waals surface area contributed by atoms with Crippen LogP contribution in [-0.2, 0) is 16.1 Å². The Morgan fingerprint density at radius 1 is 0.919 bits per heavy atom. The van der Waals surface area contributed by atoms with Crippen molar-refractivity contribution in [2.45, 2.75) is 38.6 Å². The highest BCUT2D eigenvalue weighted by molar-refractivity contribution is 6.31. The number of carbonyl (C=O) groups excluding carboxylic acids is 1. The molecular formula is C31H33ClN2O3. The van der Waals surface area contributed by atoms with Crippen molar-refractivity contribution in [3.63, 3.8) is 0 Å². The van der Waals surface area contributed by atoms with Gasteiger partial charge in [0.15, 0.2) is 0 Å². The Kier molecular flexibility index (Phi) is 8.67. The van der Waals surface area contributed by atoms with Crippen molar-refractivity contribution in [1.29, 1.82) is 0 Å². The van der Waals surface area contributed by atoms with Crippen LogP contribution in [0.1, 0.15) is 43.2 Å². The second kappa shape index (κ2) is 12.1. The first-order valence-corrected chi connectivity index (χ1v) is 13.1. The second-order valence-corrected chi connectivity index (χ2v) is 10.2. The molecule has 5 nitrogen and oxygen atoms in total. The van der Waals surface area contributed by atoms with Crippen LogP contribution >= 0.6 is 11.6 Å². The van der Waals surface area contributed by atoms with Crippen molar-refractivity contribution in [2.24, 2.45) is 5.92 Å². The summed E-state index contributed by atoms with van der Waals surface area (Å²) in [6, 6.07) is 21.7. The summed E-state index contributed by atoms with van der Waals surface area (Å²) in [6.45, 7) is 0.347. The fraction of sp³-hybridized carbons (Fsp3) is 0.290. The Morgan fingerprint density at radius 3 is 2.27 bits per heavy atom. The number of anilines is 2. The fourth-order valence-corrected chi connectivity index (χ4v) is 5.05. The maximum atomic E-state index is 13.7. The molecule has 0 spiro atoms. The molecule has 6 heteroatoms. The van der Waals surface area contributed by atoms with E-state index in [4.69, 9.17) is 16.7 Å². The summed E-state index contributed by atoms with van der Waals surface area (Å²) in [6.07, 6.45) is 7.72. The number of hydrogen-bond donors (Lipinski definition) is 1. The first kappa shape index (κ1) is 26.5. The lowest BCUT2D eigenvalue weighted by Gasteiger charge is -2.30. The van der Waals surface area contributed by atoms with Gasteiger partial charge in [0.1, 0.15) is 0 Å². The highest BCUT2D eigenvalue weighted by Crippen LogP contribution is 2.32. The number of rotatable bonds is 8. The van der Waals surface area contributed by atoms with Crippen LogP contribution in [-0.4, -0.2) is 31.1 Å². The van der Waals surface area contributed by atoms with Gasteiger partial charge in [-0.3, -0.25) is 4.79 Å². The third-order valence-corrected chi connectivity index (χ3v) is 7.27. The van der Waals surface area contributed by atoms with E-state index in [2.05, 4.69) is 29.2 Å². The number of hydrogen-bond acceptors (Lipinski definition) is 3. The van der Waals surface area contributed by atoms with Gasteiger partial charge in [-0.25, -0.2) is 4.79 Å². The van der Waals surface area contributed by atoms with Crippen molar-refractivity contribution in [2.75, 3.05) is 23.9 Å².